The summed E-state index contributed by atoms with van der Waals surface area (Å²) < 4.78 is 3.22. The Morgan fingerprint density at radius 1 is 1.22 bits per heavy atom. The third-order valence-electron chi connectivity index (χ3n) is 5.26. The number of nitrogens with one attached hydrogen (secondary N) is 1. The summed E-state index contributed by atoms with van der Waals surface area (Å²) in [6.07, 6.45) is 3.13. The van der Waals surface area contributed by atoms with Gasteiger partial charge in [-0.3, -0.25) is 14.3 Å². The van der Waals surface area contributed by atoms with E-state index in [0.717, 1.165) is 50.4 Å². The number of nitrogens with zero attached hydrogens (tertiary/aromatic N) is 4. The van der Waals surface area contributed by atoms with Crippen LogP contribution in [0, 0.1) is 5.92 Å². The van der Waals surface area contributed by atoms with Crippen molar-refractivity contribution in [1.82, 2.24) is 19.2 Å². The smallest absolute Gasteiger partial charge is 0.326 e. The minimum atomic E-state index is -0.0498. The maximum atomic E-state index is 12.0. The number of aryl methyl sites for hydroxylation is 1. The molecular weight excluding hydrogens is 342 g/mol. The van der Waals surface area contributed by atoms with Crippen LogP contribution in [0.4, 0.5) is 5.69 Å². The molecule has 1 amide bonds. The molecule has 146 valence electrons. The summed E-state index contributed by atoms with van der Waals surface area (Å²) in [4.78, 5) is 25.6. The zero-order valence-electron chi connectivity index (χ0n) is 16.4. The zero-order valence-corrected chi connectivity index (χ0v) is 16.4. The molecule has 1 aliphatic heterocycles. The van der Waals surface area contributed by atoms with Gasteiger partial charge in [-0.1, -0.05) is 12.1 Å². The lowest BCUT2D eigenvalue weighted by atomic mass is 9.93. The lowest BCUT2D eigenvalue weighted by Crippen LogP contribution is -2.34. The number of carbonyl (C=O) groups is 1. The molecular formula is C20H29N5O2. The van der Waals surface area contributed by atoms with Crippen molar-refractivity contribution in [3.63, 3.8) is 0 Å². The molecule has 7 heteroatoms. The molecule has 0 atom stereocenters. The highest BCUT2D eigenvalue weighted by molar-refractivity contribution is 5.88. The van der Waals surface area contributed by atoms with Crippen molar-refractivity contribution < 1.29 is 4.79 Å². The van der Waals surface area contributed by atoms with Crippen molar-refractivity contribution in [3.05, 3.63) is 46.1 Å². The van der Waals surface area contributed by atoms with Crippen molar-refractivity contribution in [2.24, 2.45) is 13.0 Å². The lowest BCUT2D eigenvalue weighted by molar-refractivity contribution is -0.114. The van der Waals surface area contributed by atoms with Gasteiger partial charge in [0.2, 0.25) is 5.91 Å². The molecule has 1 saturated heterocycles. The number of benzene rings is 1. The molecule has 1 aromatic heterocycles. The fourth-order valence-corrected chi connectivity index (χ4v) is 3.79. The van der Waals surface area contributed by atoms with Crippen LogP contribution < -0.4 is 11.0 Å². The first-order chi connectivity index (χ1) is 13.0. The number of amides is 1. The highest BCUT2D eigenvalue weighted by atomic mass is 16.2. The summed E-state index contributed by atoms with van der Waals surface area (Å²) >= 11 is 0. The van der Waals surface area contributed by atoms with E-state index in [-0.39, 0.29) is 11.6 Å². The van der Waals surface area contributed by atoms with Gasteiger partial charge in [0.05, 0.1) is 0 Å². The number of piperidine rings is 1. The average molecular weight is 371 g/mol. The molecule has 1 aromatic carbocycles. The predicted molar refractivity (Wildman–Crippen MR) is 106 cm³/mol. The molecule has 1 aliphatic rings. The van der Waals surface area contributed by atoms with Crippen molar-refractivity contribution in [3.8, 4) is 0 Å². The van der Waals surface area contributed by atoms with Gasteiger partial charge in [0.25, 0.3) is 0 Å². The van der Waals surface area contributed by atoms with Gasteiger partial charge in [-0.15, -0.1) is 0 Å². The van der Waals surface area contributed by atoms with Crippen molar-refractivity contribution in [2.45, 2.75) is 46.2 Å². The van der Waals surface area contributed by atoms with Crippen LogP contribution in [0.3, 0.4) is 0 Å². The highest BCUT2D eigenvalue weighted by Gasteiger charge is 2.22. The van der Waals surface area contributed by atoms with Gasteiger partial charge in [0.1, 0.15) is 5.82 Å². The second-order valence-electron chi connectivity index (χ2n) is 7.37. The molecule has 3 rings (SSSR count). The number of rotatable bonds is 6. The quantitative estimate of drug-likeness (QED) is 0.843. The normalized spacial score (nSPS) is 15.8. The van der Waals surface area contributed by atoms with E-state index in [2.05, 4.69) is 27.4 Å². The summed E-state index contributed by atoms with van der Waals surface area (Å²) in [6.45, 7) is 7.23. The Morgan fingerprint density at radius 2 is 1.89 bits per heavy atom. The van der Waals surface area contributed by atoms with Gasteiger partial charge in [-0.05, 0) is 56.5 Å². The first kappa shape index (κ1) is 19.4. The van der Waals surface area contributed by atoms with Crippen LogP contribution in [0.2, 0.25) is 0 Å². The van der Waals surface area contributed by atoms with Gasteiger partial charge in [0.15, 0.2) is 0 Å². The topological polar surface area (TPSA) is 72.2 Å². The van der Waals surface area contributed by atoms with Crippen LogP contribution >= 0.6 is 0 Å². The number of likely N-dealkylation sites (tertiary alicyclic amines) is 1. The molecule has 0 saturated carbocycles. The average Bonchev–Trinajstić information content (AvgIpc) is 2.91. The Morgan fingerprint density at radius 3 is 2.48 bits per heavy atom. The number of hydrogen-bond donors (Lipinski definition) is 1. The van der Waals surface area contributed by atoms with Crippen LogP contribution in [0.15, 0.2) is 29.1 Å². The Bertz CT molecular complexity index is 829. The van der Waals surface area contributed by atoms with Crippen LogP contribution in [-0.4, -0.2) is 38.2 Å². The van der Waals surface area contributed by atoms with Crippen LogP contribution in [0.25, 0.3) is 0 Å². The van der Waals surface area contributed by atoms with Gasteiger partial charge >= 0.3 is 5.69 Å². The van der Waals surface area contributed by atoms with E-state index < -0.39 is 0 Å². The maximum absolute atomic E-state index is 12.0. The van der Waals surface area contributed by atoms with Crippen molar-refractivity contribution in [1.29, 1.82) is 0 Å². The van der Waals surface area contributed by atoms with E-state index in [0.29, 0.717) is 12.5 Å². The van der Waals surface area contributed by atoms with Crippen molar-refractivity contribution in [2.75, 3.05) is 18.4 Å². The van der Waals surface area contributed by atoms with Crippen LogP contribution in [0.1, 0.15) is 38.1 Å². The van der Waals surface area contributed by atoms with E-state index in [1.54, 1.807) is 11.6 Å². The molecule has 0 radical (unpaired) electrons. The van der Waals surface area contributed by atoms with E-state index in [1.807, 2.05) is 19.1 Å². The highest BCUT2D eigenvalue weighted by Crippen LogP contribution is 2.22. The Hall–Kier alpha value is -2.41. The minimum absolute atomic E-state index is 0.0207. The second kappa shape index (κ2) is 8.52. The Balaban J connectivity index is 1.51. The molecule has 0 bridgehead atoms. The standard InChI is InChI=1S/C20H29N5O2/c1-4-25-19(22-23(3)20(25)27)13-16-9-11-24(12-10-16)14-17-5-7-18(8-6-17)21-15(2)26/h5-8,16H,4,9-14H2,1-3H3,(H,21,26). The summed E-state index contributed by atoms with van der Waals surface area (Å²) in [5, 5.41) is 7.21. The molecule has 2 heterocycles. The molecule has 27 heavy (non-hydrogen) atoms. The lowest BCUT2D eigenvalue weighted by Gasteiger charge is -2.31. The van der Waals surface area contributed by atoms with Gasteiger partial charge < -0.3 is 5.32 Å². The molecule has 0 spiro atoms. The number of anilines is 1. The van der Waals surface area contributed by atoms with Crippen LogP contribution in [-0.2, 0) is 31.4 Å². The second-order valence-corrected chi connectivity index (χ2v) is 7.37. The number of hydrogen-bond acceptors (Lipinski definition) is 4. The minimum Gasteiger partial charge on any atom is -0.326 e. The maximum Gasteiger partial charge on any atom is 0.345 e. The Labute approximate surface area is 160 Å². The van der Waals surface area contributed by atoms with Gasteiger partial charge in [0, 0.05) is 39.2 Å². The molecule has 2 aromatic rings. The molecule has 1 fully saturated rings. The zero-order chi connectivity index (χ0) is 19.4. The fraction of sp³-hybridized carbons (Fsp3) is 0.550. The van der Waals surface area contributed by atoms with E-state index in [4.69, 9.17) is 0 Å². The first-order valence-electron chi connectivity index (χ1n) is 9.68. The third kappa shape index (κ3) is 4.86. The summed E-state index contributed by atoms with van der Waals surface area (Å²) in [5.74, 6) is 1.44. The molecule has 1 N–H and O–H groups in total. The van der Waals surface area contributed by atoms with Gasteiger partial charge in [-0.25, -0.2) is 9.48 Å². The largest absolute Gasteiger partial charge is 0.345 e. The first-order valence-corrected chi connectivity index (χ1v) is 9.68. The molecule has 0 aliphatic carbocycles. The third-order valence-corrected chi connectivity index (χ3v) is 5.26. The molecule has 0 unspecified atom stereocenters. The number of carbonyl (C=O) groups excluding carboxylic acids is 1. The van der Waals surface area contributed by atoms with Crippen LogP contribution in [0.5, 0.6) is 0 Å². The summed E-state index contributed by atoms with van der Waals surface area (Å²) in [5.41, 5.74) is 2.07. The molecule has 7 nitrogen and oxygen atoms in total. The van der Waals surface area contributed by atoms with E-state index in [9.17, 15) is 9.59 Å². The SMILES string of the molecule is CCn1c(CC2CCN(Cc3ccc(NC(C)=O)cc3)CC2)nn(C)c1=O. The summed E-state index contributed by atoms with van der Waals surface area (Å²) in [7, 11) is 1.72. The van der Waals surface area contributed by atoms with Gasteiger partial charge in [-0.2, -0.15) is 5.10 Å². The predicted octanol–water partition coefficient (Wildman–Crippen LogP) is 2.01. The van der Waals surface area contributed by atoms with Crippen molar-refractivity contribution >= 4 is 11.6 Å². The van der Waals surface area contributed by atoms with E-state index >= 15 is 0 Å². The fourth-order valence-electron chi connectivity index (χ4n) is 3.79. The number of aromatic nitrogens is 3. The van der Waals surface area contributed by atoms with E-state index in [1.165, 1.54) is 17.2 Å². The Kier molecular flexibility index (Phi) is 6.11. The summed E-state index contributed by atoms with van der Waals surface area (Å²) in [6, 6.07) is 8.06. The monoisotopic (exact) mass is 371 g/mol.